The van der Waals surface area contributed by atoms with E-state index >= 15 is 0 Å². The molecule has 26 heavy (non-hydrogen) atoms. The van der Waals surface area contributed by atoms with Crippen molar-refractivity contribution in [3.8, 4) is 0 Å². The van der Waals surface area contributed by atoms with Gasteiger partial charge >= 0.3 is 5.97 Å². The molecule has 0 aliphatic carbocycles. The van der Waals surface area contributed by atoms with Crippen molar-refractivity contribution in [1.29, 1.82) is 0 Å². The molecule has 3 unspecified atom stereocenters. The van der Waals surface area contributed by atoms with Gasteiger partial charge in [-0.25, -0.2) is 4.79 Å². The van der Waals surface area contributed by atoms with E-state index in [4.69, 9.17) is 4.74 Å². The Balaban J connectivity index is 1.60. The molecule has 2 aromatic rings. The van der Waals surface area contributed by atoms with Gasteiger partial charge in [-0.1, -0.05) is 36.4 Å². The summed E-state index contributed by atoms with van der Waals surface area (Å²) in [6.07, 6.45) is 2.38. The van der Waals surface area contributed by atoms with Crippen LogP contribution in [0.15, 0.2) is 54.7 Å². The van der Waals surface area contributed by atoms with Crippen LogP contribution in [0, 0.1) is 0 Å². The van der Waals surface area contributed by atoms with E-state index in [0.29, 0.717) is 17.9 Å². The molecular formula is C20H20N2O3S. The maximum Gasteiger partial charge on any atom is 0.330 e. The molecule has 5 nitrogen and oxygen atoms in total. The fraction of sp³-hybridized carbons (Fsp3) is 0.350. The maximum absolute atomic E-state index is 13.0. The second-order valence-corrected chi connectivity index (χ2v) is 8.25. The van der Waals surface area contributed by atoms with Crippen LogP contribution in [0.1, 0.15) is 37.1 Å². The van der Waals surface area contributed by atoms with E-state index in [1.165, 1.54) is 0 Å². The summed E-state index contributed by atoms with van der Waals surface area (Å²) >= 11 is 1.66. The van der Waals surface area contributed by atoms with Crippen LogP contribution in [-0.2, 0) is 14.3 Å². The quantitative estimate of drug-likeness (QED) is 0.776. The number of carbonyl (C=O) groups is 2. The number of esters is 1. The molecule has 0 bridgehead atoms. The standard InChI is InChI=1S/C20H20N2O3S/c1-20-11-10-17(23)22(20)16(13-26-20)19(24)25-18(14-7-3-2-4-8-14)15-9-5-6-12-21-15/h2-9,12,16,18H,10-11,13H2,1H3. The molecule has 134 valence electrons. The number of amides is 1. The Morgan fingerprint density at radius 1 is 1.27 bits per heavy atom. The lowest BCUT2D eigenvalue weighted by molar-refractivity contribution is -0.157. The largest absolute Gasteiger partial charge is 0.449 e. The molecule has 0 radical (unpaired) electrons. The number of benzene rings is 1. The van der Waals surface area contributed by atoms with Gasteiger partial charge in [0.15, 0.2) is 6.10 Å². The number of fused-ring (bicyclic) bond motifs is 1. The van der Waals surface area contributed by atoms with Crippen molar-refractivity contribution in [3.05, 3.63) is 66.0 Å². The highest BCUT2D eigenvalue weighted by Crippen LogP contribution is 2.47. The molecule has 3 heterocycles. The minimum Gasteiger partial charge on any atom is -0.449 e. The Morgan fingerprint density at radius 3 is 2.77 bits per heavy atom. The minimum atomic E-state index is -0.584. The van der Waals surface area contributed by atoms with Crippen LogP contribution >= 0.6 is 11.8 Å². The fourth-order valence-corrected chi connectivity index (χ4v) is 5.06. The van der Waals surface area contributed by atoms with Crippen LogP contribution in [0.5, 0.6) is 0 Å². The predicted molar refractivity (Wildman–Crippen MR) is 99.3 cm³/mol. The summed E-state index contributed by atoms with van der Waals surface area (Å²) < 4.78 is 5.90. The van der Waals surface area contributed by atoms with E-state index in [1.807, 2.05) is 55.5 Å². The molecule has 1 aromatic heterocycles. The Morgan fingerprint density at radius 2 is 2.04 bits per heavy atom. The molecule has 6 heteroatoms. The predicted octanol–water partition coefficient (Wildman–Crippen LogP) is 3.17. The first-order valence-electron chi connectivity index (χ1n) is 8.71. The Labute approximate surface area is 156 Å². The van der Waals surface area contributed by atoms with Gasteiger partial charge in [-0.3, -0.25) is 9.78 Å². The molecular weight excluding hydrogens is 348 g/mol. The smallest absolute Gasteiger partial charge is 0.330 e. The third-order valence-corrected chi connectivity index (χ3v) is 6.51. The summed E-state index contributed by atoms with van der Waals surface area (Å²) in [6, 6.07) is 14.6. The molecule has 0 N–H and O–H groups in total. The van der Waals surface area contributed by atoms with E-state index < -0.39 is 12.1 Å². The van der Waals surface area contributed by atoms with Crippen LogP contribution in [-0.4, -0.2) is 38.4 Å². The lowest BCUT2D eigenvalue weighted by Gasteiger charge is -2.30. The van der Waals surface area contributed by atoms with E-state index in [-0.39, 0.29) is 16.7 Å². The zero-order chi connectivity index (χ0) is 18.1. The van der Waals surface area contributed by atoms with Gasteiger partial charge in [-0.15, -0.1) is 11.8 Å². The number of hydrogen-bond donors (Lipinski definition) is 0. The third-order valence-electron chi connectivity index (χ3n) is 5.01. The molecule has 1 amide bonds. The van der Waals surface area contributed by atoms with Gasteiger partial charge in [0.1, 0.15) is 6.04 Å². The zero-order valence-electron chi connectivity index (χ0n) is 14.5. The number of ether oxygens (including phenoxy) is 1. The Hall–Kier alpha value is -2.34. The Bertz CT molecular complexity index is 775. The normalized spacial score (nSPS) is 25.8. The van der Waals surface area contributed by atoms with Crippen LogP contribution in [0.25, 0.3) is 0 Å². The SMILES string of the molecule is CC12CCC(=O)N1C(C(=O)OC(c1ccccc1)c1ccccn1)CS2. The number of nitrogens with zero attached hydrogens (tertiary/aromatic N) is 2. The van der Waals surface area contributed by atoms with E-state index in [1.54, 1.807) is 22.9 Å². The average molecular weight is 368 g/mol. The van der Waals surface area contributed by atoms with Crippen LogP contribution < -0.4 is 0 Å². The highest BCUT2D eigenvalue weighted by Gasteiger charge is 2.53. The number of pyridine rings is 1. The second kappa shape index (κ2) is 6.76. The van der Waals surface area contributed by atoms with Crippen LogP contribution in [0.3, 0.4) is 0 Å². The third kappa shape index (κ3) is 2.98. The number of thioether (sulfide) groups is 1. The molecule has 4 rings (SSSR count). The molecule has 2 aliphatic heterocycles. The van der Waals surface area contributed by atoms with Crippen molar-refractivity contribution >= 4 is 23.6 Å². The maximum atomic E-state index is 13.0. The number of carbonyl (C=O) groups excluding carboxylic acids is 2. The molecule has 2 fully saturated rings. The second-order valence-electron chi connectivity index (χ2n) is 6.75. The topological polar surface area (TPSA) is 59.5 Å². The molecule has 2 aliphatic rings. The molecule has 0 spiro atoms. The van der Waals surface area contributed by atoms with Crippen LogP contribution in [0.2, 0.25) is 0 Å². The minimum absolute atomic E-state index is 0.0357. The van der Waals surface area contributed by atoms with Gasteiger partial charge in [0.05, 0.1) is 10.6 Å². The first-order valence-corrected chi connectivity index (χ1v) is 9.69. The Kier molecular flexibility index (Phi) is 4.44. The lowest BCUT2D eigenvalue weighted by atomic mass is 10.1. The van der Waals surface area contributed by atoms with Crippen molar-refractivity contribution in [2.45, 2.75) is 36.8 Å². The van der Waals surface area contributed by atoms with Crippen molar-refractivity contribution < 1.29 is 14.3 Å². The summed E-state index contributed by atoms with van der Waals surface area (Å²) in [5.41, 5.74) is 1.54. The van der Waals surface area contributed by atoms with Crippen molar-refractivity contribution in [1.82, 2.24) is 9.88 Å². The van der Waals surface area contributed by atoms with Gasteiger partial charge in [0.2, 0.25) is 5.91 Å². The molecule has 2 saturated heterocycles. The fourth-order valence-electron chi connectivity index (χ4n) is 3.65. The van der Waals surface area contributed by atoms with E-state index in [9.17, 15) is 9.59 Å². The van der Waals surface area contributed by atoms with Gasteiger partial charge in [0, 0.05) is 18.4 Å². The summed E-state index contributed by atoms with van der Waals surface area (Å²) in [6.45, 7) is 2.03. The van der Waals surface area contributed by atoms with Gasteiger partial charge in [-0.05, 0) is 31.0 Å². The van der Waals surface area contributed by atoms with Crippen molar-refractivity contribution in [2.24, 2.45) is 0 Å². The van der Waals surface area contributed by atoms with Crippen LogP contribution in [0.4, 0.5) is 0 Å². The lowest BCUT2D eigenvalue weighted by Crippen LogP contribution is -2.46. The summed E-state index contributed by atoms with van der Waals surface area (Å²) in [5, 5.41) is 0. The van der Waals surface area contributed by atoms with E-state index in [0.717, 1.165) is 12.0 Å². The van der Waals surface area contributed by atoms with Gasteiger partial charge in [-0.2, -0.15) is 0 Å². The summed E-state index contributed by atoms with van der Waals surface area (Å²) in [7, 11) is 0. The average Bonchev–Trinajstić information content (AvgIpc) is 3.17. The van der Waals surface area contributed by atoms with Gasteiger partial charge in [0.25, 0.3) is 0 Å². The molecule has 0 saturated carbocycles. The number of aromatic nitrogens is 1. The molecule has 1 aromatic carbocycles. The number of rotatable bonds is 4. The number of hydrogen-bond acceptors (Lipinski definition) is 5. The first-order chi connectivity index (χ1) is 12.6. The highest BCUT2D eigenvalue weighted by atomic mass is 32.2. The summed E-state index contributed by atoms with van der Waals surface area (Å²) in [5.74, 6) is 0.245. The van der Waals surface area contributed by atoms with Crippen molar-refractivity contribution in [2.75, 3.05) is 5.75 Å². The van der Waals surface area contributed by atoms with E-state index in [2.05, 4.69) is 4.98 Å². The monoisotopic (exact) mass is 368 g/mol. The first kappa shape index (κ1) is 17.1. The molecule has 3 atom stereocenters. The zero-order valence-corrected chi connectivity index (χ0v) is 15.3. The highest BCUT2D eigenvalue weighted by molar-refractivity contribution is 8.01. The summed E-state index contributed by atoms with van der Waals surface area (Å²) in [4.78, 5) is 31.1. The van der Waals surface area contributed by atoms with Gasteiger partial charge < -0.3 is 9.64 Å². The van der Waals surface area contributed by atoms with Crippen molar-refractivity contribution in [3.63, 3.8) is 0 Å².